The molecule has 0 radical (unpaired) electrons. The lowest BCUT2D eigenvalue weighted by Gasteiger charge is -2.23. The van der Waals surface area contributed by atoms with Gasteiger partial charge in [0.15, 0.2) is 6.04 Å². The molecule has 0 unspecified atom stereocenters. The fourth-order valence-electron chi connectivity index (χ4n) is 1.70. The first-order chi connectivity index (χ1) is 9.60. The van der Waals surface area contributed by atoms with E-state index < -0.39 is 18.0 Å². The van der Waals surface area contributed by atoms with Crippen LogP contribution < -0.4 is 5.32 Å². The summed E-state index contributed by atoms with van der Waals surface area (Å²) < 4.78 is 0. The summed E-state index contributed by atoms with van der Waals surface area (Å²) in [5.74, 6) is -1.15. The second-order valence-electron chi connectivity index (χ2n) is 4.09. The summed E-state index contributed by atoms with van der Waals surface area (Å²) >= 11 is 0. The van der Waals surface area contributed by atoms with Crippen LogP contribution in [0.1, 0.15) is 11.6 Å². The molecule has 3 N–H and O–H groups in total. The van der Waals surface area contributed by atoms with Gasteiger partial charge < -0.3 is 20.4 Å². The normalized spacial score (nSPS) is 11.4. The average Bonchev–Trinajstić information content (AvgIpc) is 2.45. The third-order valence-corrected chi connectivity index (χ3v) is 2.65. The fourth-order valence-corrected chi connectivity index (χ4v) is 1.70. The topological polar surface area (TPSA) is 89.9 Å². The van der Waals surface area contributed by atoms with E-state index in [2.05, 4.69) is 11.9 Å². The number of urea groups is 1. The summed E-state index contributed by atoms with van der Waals surface area (Å²) in [6.07, 6.45) is 1.51. The van der Waals surface area contributed by atoms with Crippen molar-refractivity contribution in [3.8, 4) is 0 Å². The van der Waals surface area contributed by atoms with Gasteiger partial charge in [0.25, 0.3) is 0 Å². The highest BCUT2D eigenvalue weighted by atomic mass is 16.4. The zero-order chi connectivity index (χ0) is 15.0. The van der Waals surface area contributed by atoms with Crippen molar-refractivity contribution in [1.82, 2.24) is 10.2 Å². The predicted molar refractivity (Wildman–Crippen MR) is 74.2 cm³/mol. The van der Waals surface area contributed by atoms with Gasteiger partial charge in [-0.1, -0.05) is 36.4 Å². The number of aliphatic hydroxyl groups is 1. The largest absolute Gasteiger partial charge is 0.479 e. The molecule has 2 amide bonds. The SMILES string of the molecule is C=CCN(CCO)C(=O)N[C@H](C(=O)O)c1ccccc1. The Balaban J connectivity index is 2.82. The second kappa shape index (κ2) is 7.96. The maximum absolute atomic E-state index is 12.0. The zero-order valence-corrected chi connectivity index (χ0v) is 11.0. The van der Waals surface area contributed by atoms with Crippen molar-refractivity contribution in [2.75, 3.05) is 19.7 Å². The smallest absolute Gasteiger partial charge is 0.330 e. The van der Waals surface area contributed by atoms with Crippen LogP contribution >= 0.6 is 0 Å². The van der Waals surface area contributed by atoms with Crippen LogP contribution in [0.3, 0.4) is 0 Å². The third kappa shape index (κ3) is 4.40. The highest BCUT2D eigenvalue weighted by Gasteiger charge is 2.24. The first kappa shape index (κ1) is 15.7. The van der Waals surface area contributed by atoms with Gasteiger partial charge in [-0.25, -0.2) is 9.59 Å². The number of carbonyl (C=O) groups is 2. The summed E-state index contributed by atoms with van der Waals surface area (Å²) in [6.45, 7) is 3.65. The molecular weight excluding hydrogens is 260 g/mol. The Morgan fingerprint density at radius 2 is 2.00 bits per heavy atom. The van der Waals surface area contributed by atoms with Crippen molar-refractivity contribution in [1.29, 1.82) is 0 Å². The van der Waals surface area contributed by atoms with Gasteiger partial charge in [0, 0.05) is 13.1 Å². The Labute approximate surface area is 117 Å². The van der Waals surface area contributed by atoms with Crippen LogP contribution in [0.4, 0.5) is 4.79 Å². The molecule has 0 aliphatic rings. The first-order valence-corrected chi connectivity index (χ1v) is 6.15. The fraction of sp³-hybridized carbons (Fsp3) is 0.286. The number of carboxylic acids is 1. The molecule has 0 aliphatic heterocycles. The molecule has 6 nitrogen and oxygen atoms in total. The molecule has 20 heavy (non-hydrogen) atoms. The van der Waals surface area contributed by atoms with Crippen LogP contribution in [0.25, 0.3) is 0 Å². The van der Waals surface area contributed by atoms with Crippen LogP contribution in [-0.4, -0.2) is 46.8 Å². The van der Waals surface area contributed by atoms with E-state index >= 15 is 0 Å². The van der Waals surface area contributed by atoms with E-state index in [9.17, 15) is 14.7 Å². The molecule has 0 bridgehead atoms. The molecule has 0 saturated carbocycles. The van der Waals surface area contributed by atoms with E-state index in [1.54, 1.807) is 30.3 Å². The van der Waals surface area contributed by atoms with Gasteiger partial charge in [0.2, 0.25) is 0 Å². The minimum atomic E-state index is -1.15. The lowest BCUT2D eigenvalue weighted by Crippen LogP contribution is -2.44. The Morgan fingerprint density at radius 1 is 1.35 bits per heavy atom. The molecule has 1 atom stereocenters. The van der Waals surface area contributed by atoms with Gasteiger partial charge in [-0.05, 0) is 5.56 Å². The van der Waals surface area contributed by atoms with Crippen molar-refractivity contribution in [2.45, 2.75) is 6.04 Å². The number of aliphatic hydroxyl groups excluding tert-OH is 1. The minimum absolute atomic E-state index is 0.110. The van der Waals surface area contributed by atoms with Gasteiger partial charge in [0.1, 0.15) is 0 Å². The van der Waals surface area contributed by atoms with Crippen molar-refractivity contribution in [3.63, 3.8) is 0 Å². The number of hydrogen-bond acceptors (Lipinski definition) is 3. The molecule has 0 spiro atoms. The maximum Gasteiger partial charge on any atom is 0.330 e. The molecule has 108 valence electrons. The molecule has 1 aromatic rings. The maximum atomic E-state index is 12.0. The number of carboxylic acid groups (broad SMARTS) is 1. The summed E-state index contributed by atoms with van der Waals surface area (Å²) in [5, 5.41) is 20.5. The van der Waals surface area contributed by atoms with E-state index in [0.717, 1.165) is 0 Å². The number of amides is 2. The van der Waals surface area contributed by atoms with E-state index in [0.29, 0.717) is 5.56 Å². The average molecular weight is 278 g/mol. The van der Waals surface area contributed by atoms with E-state index in [1.165, 1.54) is 11.0 Å². The summed E-state index contributed by atoms with van der Waals surface area (Å²) in [6, 6.07) is 6.73. The van der Waals surface area contributed by atoms with E-state index in [-0.39, 0.29) is 19.7 Å². The van der Waals surface area contributed by atoms with Crippen LogP contribution in [0, 0.1) is 0 Å². The van der Waals surface area contributed by atoms with E-state index in [4.69, 9.17) is 5.11 Å². The van der Waals surface area contributed by atoms with Crippen molar-refractivity contribution >= 4 is 12.0 Å². The Hall–Kier alpha value is -2.34. The van der Waals surface area contributed by atoms with Gasteiger partial charge >= 0.3 is 12.0 Å². The lowest BCUT2D eigenvalue weighted by molar-refractivity contribution is -0.139. The Kier molecular flexibility index (Phi) is 6.25. The molecule has 0 aromatic heterocycles. The van der Waals surface area contributed by atoms with E-state index in [1.807, 2.05) is 0 Å². The summed E-state index contributed by atoms with van der Waals surface area (Å²) in [7, 11) is 0. The van der Waals surface area contributed by atoms with Crippen molar-refractivity contribution in [2.24, 2.45) is 0 Å². The minimum Gasteiger partial charge on any atom is -0.479 e. The molecule has 0 aliphatic carbocycles. The predicted octanol–water partition coefficient (Wildman–Crippen LogP) is 1.00. The zero-order valence-electron chi connectivity index (χ0n) is 11.0. The number of aliphatic carboxylic acids is 1. The first-order valence-electron chi connectivity index (χ1n) is 6.15. The quantitative estimate of drug-likeness (QED) is 0.649. The van der Waals surface area contributed by atoms with Crippen LogP contribution in [0.2, 0.25) is 0 Å². The number of benzene rings is 1. The molecule has 0 fully saturated rings. The van der Waals surface area contributed by atoms with Gasteiger partial charge in [-0.2, -0.15) is 0 Å². The van der Waals surface area contributed by atoms with Crippen LogP contribution in [-0.2, 0) is 4.79 Å². The summed E-state index contributed by atoms with van der Waals surface area (Å²) in [4.78, 5) is 24.6. The molecule has 0 saturated heterocycles. The van der Waals surface area contributed by atoms with Crippen molar-refractivity contribution in [3.05, 3.63) is 48.6 Å². The third-order valence-electron chi connectivity index (χ3n) is 2.65. The number of carbonyl (C=O) groups excluding carboxylic acids is 1. The summed E-state index contributed by atoms with van der Waals surface area (Å²) in [5.41, 5.74) is 0.482. The number of hydrogen-bond donors (Lipinski definition) is 3. The molecule has 1 rings (SSSR count). The monoisotopic (exact) mass is 278 g/mol. The molecular formula is C14H18N2O4. The highest BCUT2D eigenvalue weighted by molar-refractivity contribution is 5.83. The molecule has 6 heteroatoms. The lowest BCUT2D eigenvalue weighted by atomic mass is 10.1. The Bertz CT molecular complexity index is 462. The highest BCUT2D eigenvalue weighted by Crippen LogP contribution is 2.13. The van der Waals surface area contributed by atoms with Crippen LogP contribution in [0.15, 0.2) is 43.0 Å². The van der Waals surface area contributed by atoms with Gasteiger partial charge in [-0.3, -0.25) is 0 Å². The van der Waals surface area contributed by atoms with Gasteiger partial charge in [0.05, 0.1) is 6.61 Å². The molecule has 0 heterocycles. The van der Waals surface area contributed by atoms with Crippen LogP contribution in [0.5, 0.6) is 0 Å². The van der Waals surface area contributed by atoms with Gasteiger partial charge in [-0.15, -0.1) is 6.58 Å². The second-order valence-corrected chi connectivity index (χ2v) is 4.09. The standard InChI is InChI=1S/C14H18N2O4/c1-2-8-16(9-10-17)14(20)15-12(13(18)19)11-6-4-3-5-7-11/h2-7,12,17H,1,8-10H2,(H,15,20)(H,18,19)/t12-/m0/s1. The molecule has 1 aromatic carbocycles. The number of rotatable bonds is 7. The number of nitrogens with one attached hydrogen (secondary N) is 1. The number of nitrogens with zero attached hydrogens (tertiary/aromatic N) is 1. The van der Waals surface area contributed by atoms with Crippen molar-refractivity contribution < 1.29 is 19.8 Å². The Morgan fingerprint density at radius 3 is 2.50 bits per heavy atom.